The Morgan fingerprint density at radius 1 is 1.14 bits per heavy atom. The molecule has 2 fully saturated rings. The fraction of sp³-hybridized carbons (Fsp3) is 0.600. The van der Waals surface area contributed by atoms with Gasteiger partial charge in [0, 0.05) is 31.9 Å². The summed E-state index contributed by atoms with van der Waals surface area (Å²) < 4.78 is 1.92. The maximum atomic E-state index is 12.7. The molecule has 0 unspecified atom stereocenters. The van der Waals surface area contributed by atoms with E-state index in [4.69, 9.17) is 0 Å². The minimum absolute atomic E-state index is 0.173. The van der Waals surface area contributed by atoms with Crippen LogP contribution < -0.4 is 4.90 Å². The zero-order chi connectivity index (χ0) is 19.5. The van der Waals surface area contributed by atoms with Gasteiger partial charge in [0.25, 0.3) is 0 Å². The van der Waals surface area contributed by atoms with E-state index in [1.807, 2.05) is 9.58 Å². The van der Waals surface area contributed by atoms with Gasteiger partial charge in [-0.15, -0.1) is 5.10 Å². The van der Waals surface area contributed by atoms with Crippen molar-refractivity contribution in [2.75, 3.05) is 36.8 Å². The first-order valence-corrected chi connectivity index (χ1v) is 11.1. The number of rotatable bonds is 5. The van der Waals surface area contributed by atoms with Gasteiger partial charge in [-0.3, -0.25) is 4.79 Å². The summed E-state index contributed by atoms with van der Waals surface area (Å²) in [4.78, 5) is 17.1. The summed E-state index contributed by atoms with van der Waals surface area (Å²) in [5.74, 6) is 0.572. The van der Waals surface area contributed by atoms with Gasteiger partial charge in [0.15, 0.2) is 0 Å². The summed E-state index contributed by atoms with van der Waals surface area (Å²) in [6.07, 6.45) is 4.73. The second kappa shape index (κ2) is 8.51. The van der Waals surface area contributed by atoms with E-state index < -0.39 is 0 Å². The molecule has 2 heterocycles. The minimum Gasteiger partial charge on any atom is -0.368 e. The van der Waals surface area contributed by atoms with E-state index in [-0.39, 0.29) is 5.91 Å². The molecule has 1 amide bonds. The van der Waals surface area contributed by atoms with Crippen molar-refractivity contribution in [1.82, 2.24) is 25.1 Å². The largest absolute Gasteiger partial charge is 0.368 e. The van der Waals surface area contributed by atoms with Crippen LogP contribution in [0.4, 0.5) is 5.69 Å². The number of carbonyl (C=O) groups excluding carboxylic acids is 1. The van der Waals surface area contributed by atoms with E-state index in [1.54, 1.807) is 0 Å². The molecule has 1 aromatic heterocycles. The number of carbonyl (C=O) groups is 1. The topological polar surface area (TPSA) is 67.2 Å². The first-order chi connectivity index (χ1) is 13.6. The van der Waals surface area contributed by atoms with Gasteiger partial charge >= 0.3 is 0 Å². The summed E-state index contributed by atoms with van der Waals surface area (Å²) in [7, 11) is 0. The maximum Gasteiger partial charge on any atom is 0.233 e. The molecule has 2 aromatic rings. The predicted molar refractivity (Wildman–Crippen MR) is 111 cm³/mol. The highest BCUT2D eigenvalue weighted by molar-refractivity contribution is 7.99. The number of benzene rings is 1. The molecular weight excluding hydrogens is 372 g/mol. The van der Waals surface area contributed by atoms with Crippen LogP contribution in [0.5, 0.6) is 0 Å². The van der Waals surface area contributed by atoms with Crippen LogP contribution in [0.15, 0.2) is 23.4 Å². The smallest absolute Gasteiger partial charge is 0.233 e. The number of aryl methyl sites for hydroxylation is 1. The number of amides is 1. The van der Waals surface area contributed by atoms with Crippen molar-refractivity contribution in [1.29, 1.82) is 0 Å². The SMILES string of the molecule is Cc1cccc(N2CCN(C(=O)CSc3nnnn3C3CCCC3)CC2)c1C. The van der Waals surface area contributed by atoms with Crippen LogP contribution in [0.3, 0.4) is 0 Å². The number of aromatic nitrogens is 4. The zero-order valence-corrected chi connectivity index (χ0v) is 17.5. The average Bonchev–Trinajstić information content (AvgIpc) is 3.40. The van der Waals surface area contributed by atoms with Gasteiger partial charge in [0.1, 0.15) is 0 Å². The summed E-state index contributed by atoms with van der Waals surface area (Å²) in [6.45, 7) is 7.60. The molecule has 1 saturated heterocycles. The lowest BCUT2D eigenvalue weighted by atomic mass is 10.1. The average molecular weight is 401 g/mol. The van der Waals surface area contributed by atoms with E-state index in [2.05, 4.69) is 52.5 Å². The number of tetrazole rings is 1. The van der Waals surface area contributed by atoms with Gasteiger partial charge in [-0.05, 0) is 54.3 Å². The molecule has 0 N–H and O–H groups in total. The quantitative estimate of drug-likeness (QED) is 0.719. The monoisotopic (exact) mass is 400 g/mol. The molecule has 150 valence electrons. The lowest BCUT2D eigenvalue weighted by Gasteiger charge is -2.37. The number of hydrogen-bond acceptors (Lipinski definition) is 6. The molecule has 1 aromatic carbocycles. The predicted octanol–water partition coefficient (Wildman–Crippen LogP) is 2.85. The normalized spacial score (nSPS) is 18.1. The number of piperazine rings is 1. The van der Waals surface area contributed by atoms with Crippen molar-refractivity contribution in [3.8, 4) is 0 Å². The van der Waals surface area contributed by atoms with Gasteiger partial charge in [0.2, 0.25) is 11.1 Å². The van der Waals surface area contributed by atoms with Crippen molar-refractivity contribution in [3.63, 3.8) is 0 Å². The first-order valence-electron chi connectivity index (χ1n) is 10.1. The molecule has 1 aliphatic heterocycles. The third kappa shape index (κ3) is 4.01. The van der Waals surface area contributed by atoms with Gasteiger partial charge in [0.05, 0.1) is 11.8 Å². The Balaban J connectivity index is 1.30. The Kier molecular flexibility index (Phi) is 5.85. The lowest BCUT2D eigenvalue weighted by molar-refractivity contribution is -0.128. The molecule has 2 aliphatic rings. The van der Waals surface area contributed by atoms with E-state index in [1.165, 1.54) is 41.4 Å². The minimum atomic E-state index is 0.173. The molecular formula is C20H28N6OS. The van der Waals surface area contributed by atoms with Gasteiger partial charge in [-0.25, -0.2) is 4.68 Å². The summed E-state index contributed by atoms with van der Waals surface area (Å²) in [5, 5.41) is 12.9. The molecule has 0 spiro atoms. The third-order valence-electron chi connectivity index (χ3n) is 6.01. The Morgan fingerprint density at radius 2 is 1.89 bits per heavy atom. The van der Waals surface area contributed by atoms with Crippen LogP contribution in [0.1, 0.15) is 42.9 Å². The van der Waals surface area contributed by atoms with Crippen LogP contribution >= 0.6 is 11.8 Å². The summed E-state index contributed by atoms with van der Waals surface area (Å²) in [5.41, 5.74) is 3.93. The fourth-order valence-corrected chi connectivity index (χ4v) is 5.00. The maximum absolute atomic E-state index is 12.7. The first kappa shape index (κ1) is 19.2. The van der Waals surface area contributed by atoms with Crippen molar-refractivity contribution < 1.29 is 4.79 Å². The third-order valence-corrected chi connectivity index (χ3v) is 6.93. The van der Waals surface area contributed by atoms with Crippen molar-refractivity contribution in [2.24, 2.45) is 0 Å². The molecule has 0 bridgehead atoms. The van der Waals surface area contributed by atoms with Crippen LogP contribution in [0.2, 0.25) is 0 Å². The van der Waals surface area contributed by atoms with Crippen LogP contribution in [0, 0.1) is 13.8 Å². The number of nitrogens with zero attached hydrogens (tertiary/aromatic N) is 6. The highest BCUT2D eigenvalue weighted by Gasteiger charge is 2.25. The lowest BCUT2D eigenvalue weighted by Crippen LogP contribution is -2.49. The number of hydrogen-bond donors (Lipinski definition) is 0. The highest BCUT2D eigenvalue weighted by Crippen LogP contribution is 2.31. The standard InChI is InChI=1S/C20H28N6OS/c1-15-6-5-9-18(16(15)2)24-10-12-25(13-11-24)19(27)14-28-20-21-22-23-26(20)17-7-3-4-8-17/h5-6,9,17H,3-4,7-8,10-14H2,1-2H3. The zero-order valence-electron chi connectivity index (χ0n) is 16.7. The molecule has 1 saturated carbocycles. The Morgan fingerprint density at radius 3 is 2.64 bits per heavy atom. The highest BCUT2D eigenvalue weighted by atomic mass is 32.2. The van der Waals surface area contributed by atoms with Crippen molar-refractivity contribution in [3.05, 3.63) is 29.3 Å². The molecule has 7 nitrogen and oxygen atoms in total. The summed E-state index contributed by atoms with van der Waals surface area (Å²) in [6, 6.07) is 6.84. The van der Waals surface area contributed by atoms with Crippen LogP contribution in [0.25, 0.3) is 0 Å². The van der Waals surface area contributed by atoms with Gasteiger partial charge in [-0.2, -0.15) is 0 Å². The number of anilines is 1. The Labute approximate surface area is 170 Å². The fourth-order valence-electron chi connectivity index (χ4n) is 4.15. The Bertz CT molecular complexity index is 824. The van der Waals surface area contributed by atoms with E-state index in [0.717, 1.165) is 44.2 Å². The number of thioether (sulfide) groups is 1. The second-order valence-corrected chi connectivity index (χ2v) is 8.66. The van der Waals surface area contributed by atoms with Crippen LogP contribution in [-0.4, -0.2) is 62.9 Å². The van der Waals surface area contributed by atoms with E-state index in [0.29, 0.717) is 11.8 Å². The Hall–Kier alpha value is -2.09. The van der Waals surface area contributed by atoms with Crippen LogP contribution in [-0.2, 0) is 4.79 Å². The molecule has 28 heavy (non-hydrogen) atoms. The van der Waals surface area contributed by atoms with E-state index >= 15 is 0 Å². The van der Waals surface area contributed by atoms with Gasteiger partial charge < -0.3 is 9.80 Å². The van der Waals surface area contributed by atoms with Gasteiger partial charge in [-0.1, -0.05) is 36.7 Å². The summed E-state index contributed by atoms with van der Waals surface area (Å²) >= 11 is 1.47. The molecule has 4 rings (SSSR count). The van der Waals surface area contributed by atoms with Crippen molar-refractivity contribution in [2.45, 2.75) is 50.7 Å². The second-order valence-electron chi connectivity index (χ2n) is 7.72. The molecule has 8 heteroatoms. The van der Waals surface area contributed by atoms with E-state index in [9.17, 15) is 4.79 Å². The molecule has 1 aliphatic carbocycles. The molecule has 0 radical (unpaired) electrons. The molecule has 0 atom stereocenters. The van der Waals surface area contributed by atoms with Crippen molar-refractivity contribution >= 4 is 23.4 Å².